The van der Waals surface area contributed by atoms with E-state index in [2.05, 4.69) is 10.00 Å². The molecular formula is C17H22N4O3. The summed E-state index contributed by atoms with van der Waals surface area (Å²) < 4.78 is 6.76. The van der Waals surface area contributed by atoms with Gasteiger partial charge in [0.25, 0.3) is 5.56 Å². The second-order valence-electron chi connectivity index (χ2n) is 6.06. The van der Waals surface area contributed by atoms with Gasteiger partial charge in [0.1, 0.15) is 5.76 Å². The molecule has 3 heterocycles. The van der Waals surface area contributed by atoms with Gasteiger partial charge in [0.05, 0.1) is 25.0 Å². The third-order valence-corrected chi connectivity index (χ3v) is 4.28. The van der Waals surface area contributed by atoms with E-state index < -0.39 is 0 Å². The van der Waals surface area contributed by atoms with Gasteiger partial charge in [0.2, 0.25) is 5.91 Å². The van der Waals surface area contributed by atoms with Crippen LogP contribution >= 0.6 is 0 Å². The third kappa shape index (κ3) is 3.56. The summed E-state index contributed by atoms with van der Waals surface area (Å²) in [5.74, 6) is 0.795. The number of nitrogens with zero attached hydrogens (tertiary/aromatic N) is 4. The summed E-state index contributed by atoms with van der Waals surface area (Å²) in [6, 6.07) is 5.31. The minimum absolute atomic E-state index is 0.0321. The molecule has 0 aliphatic carbocycles. The van der Waals surface area contributed by atoms with Crippen LogP contribution in [-0.2, 0) is 30.8 Å². The molecule has 1 amide bonds. The molecule has 0 atom stereocenters. The van der Waals surface area contributed by atoms with E-state index in [4.69, 9.17) is 4.42 Å². The van der Waals surface area contributed by atoms with Gasteiger partial charge in [-0.3, -0.25) is 14.5 Å². The molecular weight excluding hydrogens is 308 g/mol. The maximum atomic E-state index is 12.4. The van der Waals surface area contributed by atoms with Crippen LogP contribution in [-0.4, -0.2) is 45.6 Å². The van der Waals surface area contributed by atoms with Crippen molar-refractivity contribution in [2.24, 2.45) is 0 Å². The van der Waals surface area contributed by atoms with E-state index in [0.29, 0.717) is 26.2 Å². The lowest BCUT2D eigenvalue weighted by molar-refractivity contribution is -0.132. The van der Waals surface area contributed by atoms with Crippen molar-refractivity contribution in [1.29, 1.82) is 0 Å². The highest BCUT2D eigenvalue weighted by Crippen LogP contribution is 2.15. The number of amides is 1. The van der Waals surface area contributed by atoms with Crippen molar-refractivity contribution >= 4 is 5.91 Å². The lowest BCUT2D eigenvalue weighted by Gasteiger charge is -2.29. The average Bonchev–Trinajstić information content (AvgIpc) is 3.07. The first-order chi connectivity index (χ1) is 11.6. The molecule has 7 heteroatoms. The molecule has 0 aromatic carbocycles. The minimum Gasteiger partial charge on any atom is -0.467 e. The topological polar surface area (TPSA) is 71.6 Å². The quantitative estimate of drug-likeness (QED) is 0.813. The first kappa shape index (κ1) is 16.4. The zero-order valence-corrected chi connectivity index (χ0v) is 14.1. The van der Waals surface area contributed by atoms with E-state index in [-0.39, 0.29) is 11.5 Å². The smallest absolute Gasteiger partial charge is 0.267 e. The predicted octanol–water partition coefficient (Wildman–Crippen LogP) is 0.873. The van der Waals surface area contributed by atoms with E-state index >= 15 is 0 Å². The van der Waals surface area contributed by atoms with Gasteiger partial charge in [-0.15, -0.1) is 0 Å². The zero-order valence-electron chi connectivity index (χ0n) is 14.1. The number of fused-ring (bicyclic) bond motifs is 1. The van der Waals surface area contributed by atoms with Crippen molar-refractivity contribution in [3.8, 4) is 0 Å². The van der Waals surface area contributed by atoms with Crippen LogP contribution in [0.25, 0.3) is 0 Å². The fourth-order valence-electron chi connectivity index (χ4n) is 2.90. The summed E-state index contributed by atoms with van der Waals surface area (Å²) in [6.07, 6.45) is 2.36. The molecule has 0 spiro atoms. The van der Waals surface area contributed by atoms with E-state index in [0.717, 1.165) is 30.0 Å². The van der Waals surface area contributed by atoms with Crippen LogP contribution in [0.15, 0.2) is 33.7 Å². The van der Waals surface area contributed by atoms with Crippen LogP contribution in [0, 0.1) is 0 Å². The SMILES string of the molecule is CCn1nc2c(cc1=O)CN(CC(=O)N(C)Cc1ccco1)CC2. The number of carbonyl (C=O) groups excluding carboxylic acids is 1. The first-order valence-electron chi connectivity index (χ1n) is 8.15. The molecule has 0 bridgehead atoms. The van der Waals surface area contributed by atoms with Crippen LogP contribution in [0.3, 0.4) is 0 Å². The largest absolute Gasteiger partial charge is 0.467 e. The molecule has 1 aliphatic heterocycles. The Morgan fingerprint density at radius 3 is 3.00 bits per heavy atom. The molecule has 1 aliphatic rings. The molecule has 0 N–H and O–H groups in total. The molecule has 2 aromatic rings. The Morgan fingerprint density at radius 1 is 1.46 bits per heavy atom. The van der Waals surface area contributed by atoms with Crippen molar-refractivity contribution < 1.29 is 9.21 Å². The Labute approximate surface area is 140 Å². The summed E-state index contributed by atoms with van der Waals surface area (Å²) in [7, 11) is 1.77. The number of aromatic nitrogens is 2. The summed E-state index contributed by atoms with van der Waals surface area (Å²) in [6.45, 7) is 4.62. The molecule has 0 saturated carbocycles. The Bertz CT molecular complexity index is 767. The highest BCUT2D eigenvalue weighted by atomic mass is 16.3. The van der Waals surface area contributed by atoms with Gasteiger partial charge in [-0.2, -0.15) is 5.10 Å². The monoisotopic (exact) mass is 330 g/mol. The number of rotatable bonds is 5. The van der Waals surface area contributed by atoms with Crippen molar-refractivity contribution in [2.75, 3.05) is 20.1 Å². The summed E-state index contributed by atoms with van der Waals surface area (Å²) in [5, 5.41) is 4.40. The van der Waals surface area contributed by atoms with Crippen molar-refractivity contribution in [3.63, 3.8) is 0 Å². The van der Waals surface area contributed by atoms with E-state index in [9.17, 15) is 9.59 Å². The fourth-order valence-corrected chi connectivity index (χ4v) is 2.90. The second-order valence-corrected chi connectivity index (χ2v) is 6.06. The summed E-state index contributed by atoms with van der Waals surface area (Å²) in [4.78, 5) is 28.0. The van der Waals surface area contributed by atoms with Gasteiger partial charge in [0, 0.05) is 39.2 Å². The second kappa shape index (κ2) is 7.00. The zero-order chi connectivity index (χ0) is 17.1. The highest BCUT2D eigenvalue weighted by molar-refractivity contribution is 5.78. The molecule has 2 aromatic heterocycles. The molecule has 0 fully saturated rings. The molecule has 24 heavy (non-hydrogen) atoms. The molecule has 3 rings (SSSR count). The average molecular weight is 330 g/mol. The van der Waals surface area contributed by atoms with Gasteiger partial charge in [-0.1, -0.05) is 0 Å². The van der Waals surface area contributed by atoms with Gasteiger partial charge < -0.3 is 9.32 Å². The van der Waals surface area contributed by atoms with Crippen LogP contribution in [0.4, 0.5) is 0 Å². The number of aryl methyl sites for hydroxylation is 1. The van der Waals surface area contributed by atoms with Crippen molar-refractivity contribution in [2.45, 2.75) is 33.0 Å². The van der Waals surface area contributed by atoms with Crippen molar-refractivity contribution in [1.82, 2.24) is 19.6 Å². The Hall–Kier alpha value is -2.41. The summed E-state index contributed by atoms with van der Waals surface area (Å²) >= 11 is 0. The molecule has 0 radical (unpaired) electrons. The Morgan fingerprint density at radius 2 is 2.29 bits per heavy atom. The Balaban J connectivity index is 1.62. The van der Waals surface area contributed by atoms with Crippen LogP contribution in [0.1, 0.15) is 23.9 Å². The van der Waals surface area contributed by atoms with E-state index in [1.54, 1.807) is 24.3 Å². The van der Waals surface area contributed by atoms with E-state index in [1.165, 1.54) is 4.68 Å². The van der Waals surface area contributed by atoms with Gasteiger partial charge in [-0.05, 0) is 24.6 Å². The Kier molecular flexibility index (Phi) is 4.80. The third-order valence-electron chi connectivity index (χ3n) is 4.28. The lowest BCUT2D eigenvalue weighted by atomic mass is 10.1. The molecule has 128 valence electrons. The number of likely N-dealkylation sites (N-methyl/N-ethyl adjacent to an activating group) is 1. The maximum Gasteiger partial charge on any atom is 0.267 e. The highest BCUT2D eigenvalue weighted by Gasteiger charge is 2.22. The minimum atomic E-state index is -0.0839. The number of hydrogen-bond donors (Lipinski definition) is 0. The van der Waals surface area contributed by atoms with Crippen LogP contribution in [0.5, 0.6) is 0 Å². The van der Waals surface area contributed by atoms with Gasteiger partial charge in [-0.25, -0.2) is 4.68 Å². The van der Waals surface area contributed by atoms with Gasteiger partial charge >= 0.3 is 0 Å². The molecule has 7 nitrogen and oxygen atoms in total. The van der Waals surface area contributed by atoms with Crippen LogP contribution in [0.2, 0.25) is 0 Å². The first-order valence-corrected chi connectivity index (χ1v) is 8.15. The van der Waals surface area contributed by atoms with Crippen LogP contribution < -0.4 is 5.56 Å². The molecule has 0 saturated heterocycles. The number of hydrogen-bond acceptors (Lipinski definition) is 5. The fraction of sp³-hybridized carbons (Fsp3) is 0.471. The van der Waals surface area contributed by atoms with Crippen molar-refractivity contribution in [3.05, 3.63) is 51.8 Å². The van der Waals surface area contributed by atoms with Gasteiger partial charge in [0.15, 0.2) is 0 Å². The normalized spacial score (nSPS) is 14.4. The lowest BCUT2D eigenvalue weighted by Crippen LogP contribution is -2.41. The maximum absolute atomic E-state index is 12.4. The van der Waals surface area contributed by atoms with E-state index in [1.807, 2.05) is 19.1 Å². The molecule has 0 unspecified atom stereocenters. The number of carbonyl (C=O) groups is 1. The standard InChI is InChI=1S/C17H22N4O3/c1-3-21-16(22)9-13-10-20(7-6-15(13)18-21)12-17(23)19(2)11-14-5-4-8-24-14/h4-5,8-9H,3,6-7,10-12H2,1-2H3. The summed E-state index contributed by atoms with van der Waals surface area (Å²) in [5.41, 5.74) is 1.81. The number of furan rings is 1. The predicted molar refractivity (Wildman–Crippen MR) is 88.3 cm³/mol.